The van der Waals surface area contributed by atoms with Crippen LogP contribution >= 0.6 is 0 Å². The minimum atomic E-state index is -0.931. The second-order valence-corrected chi connectivity index (χ2v) is 9.55. The van der Waals surface area contributed by atoms with Crippen LogP contribution in [0.15, 0.2) is 66.4 Å². The third kappa shape index (κ3) is 3.88. The third-order valence-corrected chi connectivity index (χ3v) is 7.67. The zero-order chi connectivity index (χ0) is 27.0. The van der Waals surface area contributed by atoms with E-state index in [2.05, 4.69) is 11.1 Å². The Labute approximate surface area is 219 Å². The molecule has 0 amide bonds. The Kier molecular flexibility index (Phi) is 6.37. The second kappa shape index (κ2) is 9.67. The van der Waals surface area contributed by atoms with Gasteiger partial charge in [-0.1, -0.05) is 31.2 Å². The molecule has 0 unspecified atom stereocenters. The number of rotatable bonds is 4. The van der Waals surface area contributed by atoms with E-state index in [4.69, 9.17) is 14.5 Å². The molecule has 8 nitrogen and oxygen atoms in total. The fourth-order valence-corrected chi connectivity index (χ4v) is 5.76. The van der Waals surface area contributed by atoms with Crippen molar-refractivity contribution in [3.05, 3.63) is 94.3 Å². The summed E-state index contributed by atoms with van der Waals surface area (Å²) in [6.07, 6.45) is 4.88. The number of benzene rings is 2. The molecule has 5 rings (SSSR count). The lowest BCUT2D eigenvalue weighted by molar-refractivity contribution is -0.121. The number of fused-ring (bicyclic) bond motifs is 3. The molecule has 3 aromatic rings. The van der Waals surface area contributed by atoms with Gasteiger partial charge in [0, 0.05) is 17.7 Å². The van der Waals surface area contributed by atoms with Crippen molar-refractivity contribution in [2.75, 3.05) is 14.2 Å². The highest BCUT2D eigenvalue weighted by molar-refractivity contribution is 6.02. The van der Waals surface area contributed by atoms with E-state index in [1.165, 1.54) is 14.2 Å². The molecule has 0 N–H and O–H groups in total. The standard InChI is InChI=1S/C30H25N3O5/c1-17-24-12-11-21-16-32-27(18-7-9-19(10-8-18)28(35)37-2)33-26(21)30(24,14-22(15-31)25(17)34)23-6-4-5-20(13-23)29(36)38-3/h4-10,13-14,16-17,24H,11-12H2,1-3H3/t17-,24-,30+/m0/s1. The highest BCUT2D eigenvalue weighted by Crippen LogP contribution is 2.53. The van der Waals surface area contributed by atoms with Crippen LogP contribution in [-0.2, 0) is 26.1 Å². The summed E-state index contributed by atoms with van der Waals surface area (Å²) in [6, 6.07) is 16.0. The fraction of sp³-hybridized carbons (Fsp3) is 0.267. The summed E-state index contributed by atoms with van der Waals surface area (Å²) >= 11 is 0. The van der Waals surface area contributed by atoms with E-state index in [0.29, 0.717) is 41.1 Å². The average molecular weight is 508 g/mol. The van der Waals surface area contributed by atoms with E-state index in [9.17, 15) is 19.6 Å². The Hall–Kier alpha value is -4.64. The minimum Gasteiger partial charge on any atom is -0.465 e. The molecule has 1 aromatic heterocycles. The summed E-state index contributed by atoms with van der Waals surface area (Å²) in [4.78, 5) is 47.0. The molecule has 0 radical (unpaired) electrons. The Morgan fingerprint density at radius 1 is 1.05 bits per heavy atom. The Morgan fingerprint density at radius 3 is 2.45 bits per heavy atom. The van der Waals surface area contributed by atoms with Gasteiger partial charge in [0.15, 0.2) is 11.6 Å². The third-order valence-electron chi connectivity index (χ3n) is 7.67. The number of hydrogen-bond donors (Lipinski definition) is 0. The summed E-state index contributed by atoms with van der Waals surface area (Å²) in [6.45, 7) is 1.86. The number of hydrogen-bond acceptors (Lipinski definition) is 8. The first-order valence-electron chi connectivity index (χ1n) is 12.2. The topological polar surface area (TPSA) is 119 Å². The van der Waals surface area contributed by atoms with Crippen molar-refractivity contribution < 1.29 is 23.9 Å². The van der Waals surface area contributed by atoms with Crippen molar-refractivity contribution in [1.82, 2.24) is 9.97 Å². The number of ketones is 1. The first kappa shape index (κ1) is 25.0. The van der Waals surface area contributed by atoms with Gasteiger partial charge in [0.2, 0.25) is 0 Å². The van der Waals surface area contributed by atoms with Crippen LogP contribution in [0.25, 0.3) is 11.4 Å². The Bertz CT molecular complexity index is 1540. The minimum absolute atomic E-state index is 0.0765. The SMILES string of the molecule is COC(=O)c1ccc(-c2ncc3c(n2)[C@@]2(c4cccc(C(=O)OC)c4)C=C(C#N)C(=O)[C@@H](C)[C@@H]2CC3)cc1. The van der Waals surface area contributed by atoms with Crippen molar-refractivity contribution in [3.8, 4) is 17.5 Å². The predicted molar refractivity (Wildman–Crippen MR) is 137 cm³/mol. The van der Waals surface area contributed by atoms with Crippen molar-refractivity contribution in [1.29, 1.82) is 5.26 Å². The predicted octanol–water partition coefficient (Wildman–Crippen LogP) is 4.23. The number of aryl methyl sites for hydroxylation is 1. The number of aromatic nitrogens is 2. The van der Waals surface area contributed by atoms with E-state index in [0.717, 1.165) is 11.1 Å². The molecule has 0 aliphatic heterocycles. The van der Waals surface area contributed by atoms with Crippen LogP contribution in [0.4, 0.5) is 0 Å². The van der Waals surface area contributed by atoms with Gasteiger partial charge in [0.25, 0.3) is 0 Å². The molecule has 190 valence electrons. The van der Waals surface area contributed by atoms with Gasteiger partial charge < -0.3 is 9.47 Å². The van der Waals surface area contributed by atoms with Gasteiger partial charge in [-0.3, -0.25) is 4.79 Å². The van der Waals surface area contributed by atoms with Gasteiger partial charge in [0.05, 0.1) is 42.0 Å². The summed E-state index contributed by atoms with van der Waals surface area (Å²) < 4.78 is 9.74. The van der Waals surface area contributed by atoms with Gasteiger partial charge in [-0.15, -0.1) is 0 Å². The molecule has 2 aliphatic carbocycles. The largest absolute Gasteiger partial charge is 0.465 e. The van der Waals surface area contributed by atoms with Gasteiger partial charge in [-0.05, 0) is 60.2 Å². The molecule has 0 spiro atoms. The highest BCUT2D eigenvalue weighted by atomic mass is 16.5. The number of carbonyl (C=O) groups is 3. The lowest BCUT2D eigenvalue weighted by Gasteiger charge is -2.48. The van der Waals surface area contributed by atoms with E-state index < -0.39 is 23.3 Å². The van der Waals surface area contributed by atoms with Crippen molar-refractivity contribution in [2.45, 2.75) is 25.2 Å². The molecule has 0 saturated heterocycles. The average Bonchev–Trinajstić information content (AvgIpc) is 2.97. The van der Waals surface area contributed by atoms with E-state index in [-0.39, 0.29) is 17.3 Å². The van der Waals surface area contributed by atoms with Crippen LogP contribution in [0, 0.1) is 23.2 Å². The maximum Gasteiger partial charge on any atom is 0.337 e. The number of nitrogens with zero attached hydrogens (tertiary/aromatic N) is 3. The van der Waals surface area contributed by atoms with Crippen LogP contribution < -0.4 is 0 Å². The van der Waals surface area contributed by atoms with E-state index in [1.54, 1.807) is 54.7 Å². The molecule has 2 aromatic carbocycles. The van der Waals surface area contributed by atoms with Gasteiger partial charge in [-0.2, -0.15) is 5.26 Å². The van der Waals surface area contributed by atoms with Crippen LogP contribution in [0.1, 0.15) is 50.9 Å². The zero-order valence-corrected chi connectivity index (χ0v) is 21.2. The second-order valence-electron chi connectivity index (χ2n) is 9.55. The number of methoxy groups -OCH3 is 2. The Balaban J connectivity index is 1.76. The molecule has 0 saturated carbocycles. The fourth-order valence-electron chi connectivity index (χ4n) is 5.76. The molecule has 2 aliphatic rings. The van der Waals surface area contributed by atoms with Crippen LogP contribution in [0.5, 0.6) is 0 Å². The van der Waals surface area contributed by atoms with Gasteiger partial charge in [0.1, 0.15) is 6.07 Å². The Morgan fingerprint density at radius 2 is 1.76 bits per heavy atom. The summed E-state index contributed by atoms with van der Waals surface area (Å²) in [5.74, 6) is -1.27. The molecule has 0 bridgehead atoms. The number of nitriles is 1. The number of esters is 2. The highest BCUT2D eigenvalue weighted by Gasteiger charge is 2.53. The normalized spacial score (nSPS) is 21.8. The zero-order valence-electron chi connectivity index (χ0n) is 21.2. The van der Waals surface area contributed by atoms with Gasteiger partial charge >= 0.3 is 11.9 Å². The molecule has 8 heteroatoms. The monoisotopic (exact) mass is 507 g/mol. The number of Topliss-reactive ketones (excluding diaryl/α,β-unsaturated/α-hetero) is 1. The van der Waals surface area contributed by atoms with Crippen LogP contribution in [-0.4, -0.2) is 41.9 Å². The lowest BCUT2D eigenvalue weighted by atomic mass is 9.54. The van der Waals surface area contributed by atoms with Crippen molar-refractivity contribution in [2.24, 2.45) is 11.8 Å². The molecule has 1 heterocycles. The summed E-state index contributed by atoms with van der Waals surface area (Å²) in [5, 5.41) is 9.90. The summed E-state index contributed by atoms with van der Waals surface area (Å²) in [7, 11) is 2.65. The molecule has 3 atom stereocenters. The smallest absolute Gasteiger partial charge is 0.337 e. The number of carbonyl (C=O) groups excluding carboxylic acids is 3. The lowest BCUT2D eigenvalue weighted by Crippen LogP contribution is -2.48. The quantitative estimate of drug-likeness (QED) is 0.481. The van der Waals surface area contributed by atoms with Crippen LogP contribution in [0.3, 0.4) is 0 Å². The molecular formula is C30H25N3O5. The number of allylic oxidation sites excluding steroid dienone is 2. The molecular weight excluding hydrogens is 482 g/mol. The molecule has 38 heavy (non-hydrogen) atoms. The van der Waals surface area contributed by atoms with Gasteiger partial charge in [-0.25, -0.2) is 19.6 Å². The van der Waals surface area contributed by atoms with Crippen molar-refractivity contribution in [3.63, 3.8) is 0 Å². The van der Waals surface area contributed by atoms with Crippen molar-refractivity contribution >= 4 is 17.7 Å². The van der Waals surface area contributed by atoms with E-state index in [1.807, 2.05) is 13.0 Å². The van der Waals surface area contributed by atoms with E-state index >= 15 is 0 Å². The molecule has 0 fully saturated rings. The van der Waals surface area contributed by atoms with Crippen LogP contribution in [0.2, 0.25) is 0 Å². The number of ether oxygens (including phenoxy) is 2. The maximum absolute atomic E-state index is 13.1. The first-order chi connectivity index (χ1) is 18.3. The first-order valence-corrected chi connectivity index (χ1v) is 12.2. The maximum atomic E-state index is 13.1. The summed E-state index contributed by atoms with van der Waals surface area (Å²) in [5.41, 5.74) is 2.99.